The summed E-state index contributed by atoms with van der Waals surface area (Å²) in [7, 11) is 1.61. The summed E-state index contributed by atoms with van der Waals surface area (Å²) in [5.74, 6) is 0.741. The number of carbonyl (C=O) groups excluding carboxylic acids is 1. The van der Waals surface area contributed by atoms with Crippen LogP contribution in [0.25, 0.3) is 0 Å². The molecule has 0 aliphatic rings. The lowest BCUT2D eigenvalue weighted by Crippen LogP contribution is -2.22. The van der Waals surface area contributed by atoms with Crippen molar-refractivity contribution in [1.82, 2.24) is 0 Å². The third-order valence-electron chi connectivity index (χ3n) is 4.11. The zero-order valence-corrected chi connectivity index (χ0v) is 16.3. The van der Waals surface area contributed by atoms with Crippen LogP contribution in [0.15, 0.2) is 29.6 Å². The summed E-state index contributed by atoms with van der Waals surface area (Å²) in [5, 5.41) is 4.75. The highest BCUT2D eigenvalue weighted by atomic mass is 32.1. The van der Waals surface area contributed by atoms with E-state index in [-0.39, 0.29) is 6.10 Å². The quantitative estimate of drug-likeness (QED) is 0.733. The highest BCUT2D eigenvalue weighted by Gasteiger charge is 2.18. The second kappa shape index (κ2) is 8.76. The number of anilines is 2. The number of hydrogen-bond donors (Lipinski definition) is 1. The van der Waals surface area contributed by atoms with Crippen LogP contribution in [0, 0.1) is 6.92 Å². The molecule has 2 aromatic rings. The molecule has 1 atom stereocenters. The van der Waals surface area contributed by atoms with Crippen molar-refractivity contribution in [1.29, 1.82) is 0 Å². The molecule has 5 nitrogen and oxygen atoms in total. The van der Waals surface area contributed by atoms with Crippen molar-refractivity contribution in [3.8, 4) is 5.75 Å². The Morgan fingerprint density at radius 2 is 2.00 bits per heavy atom. The summed E-state index contributed by atoms with van der Waals surface area (Å²) >= 11 is 1.51. The van der Waals surface area contributed by atoms with Crippen LogP contribution in [-0.2, 0) is 4.74 Å². The van der Waals surface area contributed by atoms with E-state index in [9.17, 15) is 4.79 Å². The van der Waals surface area contributed by atoms with E-state index in [1.54, 1.807) is 7.11 Å². The molecule has 2 rings (SSSR count). The van der Waals surface area contributed by atoms with Gasteiger partial charge in [-0.3, -0.25) is 5.32 Å². The van der Waals surface area contributed by atoms with Gasteiger partial charge in [0.25, 0.3) is 0 Å². The number of methoxy groups -OCH3 is 1. The first-order chi connectivity index (χ1) is 12.0. The summed E-state index contributed by atoms with van der Waals surface area (Å²) in [5.41, 5.74) is 2.91. The number of rotatable bonds is 7. The first-order valence-corrected chi connectivity index (χ1v) is 9.32. The normalized spacial score (nSPS) is 11.7. The van der Waals surface area contributed by atoms with Gasteiger partial charge in [-0.2, -0.15) is 0 Å². The fourth-order valence-electron chi connectivity index (χ4n) is 2.70. The zero-order chi connectivity index (χ0) is 18.4. The molecule has 0 radical (unpaired) electrons. The van der Waals surface area contributed by atoms with Gasteiger partial charge >= 0.3 is 6.09 Å². The Morgan fingerprint density at radius 1 is 1.28 bits per heavy atom. The molecule has 0 spiro atoms. The SMILES string of the molecule is CCN(CC)c1ccc(NC(=O)OC(C)c2sccc2OC)c(C)c1. The average molecular weight is 362 g/mol. The maximum atomic E-state index is 12.2. The fraction of sp³-hybridized carbons (Fsp3) is 0.421. The molecule has 0 fully saturated rings. The number of nitrogens with zero attached hydrogens (tertiary/aromatic N) is 1. The Kier molecular flexibility index (Phi) is 6.70. The van der Waals surface area contributed by atoms with Gasteiger partial charge in [-0.1, -0.05) is 0 Å². The lowest BCUT2D eigenvalue weighted by molar-refractivity contribution is 0.121. The Labute approximate surface area is 153 Å². The molecule has 6 heteroatoms. The van der Waals surface area contributed by atoms with Crippen LogP contribution in [0.4, 0.5) is 16.2 Å². The van der Waals surface area contributed by atoms with E-state index >= 15 is 0 Å². The number of amides is 1. The molecule has 1 unspecified atom stereocenters. The molecule has 1 amide bonds. The van der Waals surface area contributed by atoms with Crippen LogP contribution in [0.1, 0.15) is 37.3 Å². The van der Waals surface area contributed by atoms with Crippen LogP contribution >= 0.6 is 11.3 Å². The smallest absolute Gasteiger partial charge is 0.412 e. The second-order valence-electron chi connectivity index (χ2n) is 5.70. The second-order valence-corrected chi connectivity index (χ2v) is 6.64. The third kappa shape index (κ3) is 4.66. The molecule has 0 saturated carbocycles. The molecule has 1 heterocycles. The molecule has 0 saturated heterocycles. The van der Waals surface area contributed by atoms with Gasteiger partial charge in [0.1, 0.15) is 11.9 Å². The summed E-state index contributed by atoms with van der Waals surface area (Å²) in [4.78, 5) is 15.4. The predicted octanol–water partition coefficient (Wildman–Crippen LogP) is 5.22. The van der Waals surface area contributed by atoms with E-state index in [2.05, 4.69) is 30.1 Å². The van der Waals surface area contributed by atoms with Gasteiger partial charge in [-0.15, -0.1) is 11.3 Å². The maximum Gasteiger partial charge on any atom is 0.412 e. The Balaban J connectivity index is 2.03. The average Bonchev–Trinajstić information content (AvgIpc) is 3.07. The Hall–Kier alpha value is -2.21. The van der Waals surface area contributed by atoms with Crippen molar-refractivity contribution in [3.63, 3.8) is 0 Å². The van der Waals surface area contributed by atoms with Gasteiger partial charge in [0.15, 0.2) is 0 Å². The first-order valence-electron chi connectivity index (χ1n) is 8.44. The molecular weight excluding hydrogens is 336 g/mol. The third-order valence-corrected chi connectivity index (χ3v) is 5.16. The van der Waals surface area contributed by atoms with E-state index < -0.39 is 6.09 Å². The molecule has 0 bridgehead atoms. The lowest BCUT2D eigenvalue weighted by Gasteiger charge is -2.22. The van der Waals surface area contributed by atoms with Gasteiger partial charge in [0, 0.05) is 24.5 Å². The summed E-state index contributed by atoms with van der Waals surface area (Å²) in [6, 6.07) is 7.88. The molecule has 1 aromatic heterocycles. The first kappa shape index (κ1) is 19.1. The minimum Gasteiger partial charge on any atom is -0.495 e. The van der Waals surface area contributed by atoms with Crippen molar-refractivity contribution in [2.45, 2.75) is 33.8 Å². The molecule has 136 valence electrons. The predicted molar refractivity (Wildman–Crippen MR) is 104 cm³/mol. The fourth-order valence-corrected chi connectivity index (χ4v) is 3.55. The van der Waals surface area contributed by atoms with Gasteiger partial charge in [0.05, 0.1) is 12.0 Å². The minimum absolute atomic E-state index is 0.370. The van der Waals surface area contributed by atoms with Crippen LogP contribution in [0.2, 0.25) is 0 Å². The minimum atomic E-state index is -0.471. The van der Waals surface area contributed by atoms with E-state index in [4.69, 9.17) is 9.47 Å². The molecule has 25 heavy (non-hydrogen) atoms. The number of ether oxygens (including phenoxy) is 2. The molecule has 0 aliphatic heterocycles. The van der Waals surface area contributed by atoms with E-state index in [1.807, 2.05) is 37.4 Å². The van der Waals surface area contributed by atoms with Crippen LogP contribution < -0.4 is 15.0 Å². The summed E-state index contributed by atoms with van der Waals surface area (Å²) in [6.07, 6.45) is -0.841. The zero-order valence-electron chi connectivity index (χ0n) is 15.5. The van der Waals surface area contributed by atoms with Crippen molar-refractivity contribution in [2.75, 3.05) is 30.4 Å². The van der Waals surface area contributed by atoms with E-state index in [0.717, 1.165) is 40.7 Å². The molecule has 1 aromatic carbocycles. The van der Waals surface area contributed by atoms with E-state index in [1.165, 1.54) is 11.3 Å². The highest BCUT2D eigenvalue weighted by Crippen LogP contribution is 2.33. The number of aryl methyl sites for hydroxylation is 1. The Bertz CT molecular complexity index is 710. The van der Waals surface area contributed by atoms with Crippen LogP contribution in [0.5, 0.6) is 5.75 Å². The van der Waals surface area contributed by atoms with Gasteiger partial charge < -0.3 is 14.4 Å². The molecular formula is C19H26N2O3S. The highest BCUT2D eigenvalue weighted by molar-refractivity contribution is 7.10. The maximum absolute atomic E-state index is 12.2. The number of benzene rings is 1. The van der Waals surface area contributed by atoms with Crippen molar-refractivity contribution < 1.29 is 14.3 Å². The van der Waals surface area contributed by atoms with Crippen molar-refractivity contribution in [3.05, 3.63) is 40.1 Å². The number of nitrogens with one attached hydrogen (secondary N) is 1. The van der Waals surface area contributed by atoms with Gasteiger partial charge in [-0.25, -0.2) is 4.79 Å². The monoisotopic (exact) mass is 362 g/mol. The number of thiophene rings is 1. The summed E-state index contributed by atoms with van der Waals surface area (Å²) < 4.78 is 10.8. The number of hydrogen-bond acceptors (Lipinski definition) is 5. The lowest BCUT2D eigenvalue weighted by atomic mass is 10.1. The van der Waals surface area contributed by atoms with Crippen LogP contribution in [-0.4, -0.2) is 26.3 Å². The molecule has 0 aliphatic carbocycles. The van der Waals surface area contributed by atoms with Crippen molar-refractivity contribution in [2.24, 2.45) is 0 Å². The number of carbonyl (C=O) groups is 1. The van der Waals surface area contributed by atoms with E-state index in [0.29, 0.717) is 0 Å². The topological polar surface area (TPSA) is 50.8 Å². The summed E-state index contributed by atoms with van der Waals surface area (Å²) in [6.45, 7) is 9.97. The molecule has 1 N–H and O–H groups in total. The van der Waals surface area contributed by atoms with Crippen molar-refractivity contribution >= 4 is 28.8 Å². The van der Waals surface area contributed by atoms with Gasteiger partial charge in [-0.05, 0) is 62.9 Å². The van der Waals surface area contributed by atoms with Crippen LogP contribution in [0.3, 0.4) is 0 Å². The largest absolute Gasteiger partial charge is 0.495 e. The standard InChI is InChI=1S/C19H26N2O3S/c1-6-21(7-2)15-8-9-16(13(3)12-15)20-19(22)24-14(4)18-17(23-5)10-11-25-18/h8-12,14H,6-7H2,1-5H3,(H,20,22). The Morgan fingerprint density at radius 3 is 2.60 bits per heavy atom. The van der Waals surface area contributed by atoms with Gasteiger partial charge in [0.2, 0.25) is 0 Å².